The standard InChI is InChI=1S/C23H22N6O5/c1-3-15-16-18(20(33-2)19(17(15)24)34-11-13-7-5-4-6-8-13)27-23(29(32)22(16)31)28-21(30)14-9-25-12-26-10-14/h4-10,12,32H,3,11,24H2,1-2H3,(H,27,28,30). The van der Waals surface area contributed by atoms with Crippen LogP contribution in [0, 0.1) is 0 Å². The zero-order valence-corrected chi connectivity index (χ0v) is 18.5. The third-order valence-electron chi connectivity index (χ3n) is 5.19. The number of benzene rings is 2. The van der Waals surface area contributed by atoms with Gasteiger partial charge in [0.25, 0.3) is 11.5 Å². The largest absolute Gasteiger partial charge is 0.491 e. The van der Waals surface area contributed by atoms with Crippen LogP contribution in [-0.4, -0.2) is 37.9 Å². The third kappa shape index (κ3) is 4.06. The number of ether oxygens (including phenoxy) is 2. The molecule has 0 aliphatic carbocycles. The van der Waals surface area contributed by atoms with E-state index in [1.165, 1.54) is 25.8 Å². The molecule has 0 spiro atoms. The summed E-state index contributed by atoms with van der Waals surface area (Å²) in [4.78, 5) is 37.5. The van der Waals surface area contributed by atoms with E-state index < -0.39 is 17.4 Å². The minimum atomic E-state index is -0.818. The van der Waals surface area contributed by atoms with E-state index in [1.54, 1.807) is 0 Å². The zero-order valence-electron chi connectivity index (χ0n) is 18.5. The maximum atomic E-state index is 13.1. The van der Waals surface area contributed by atoms with Gasteiger partial charge in [-0.2, -0.15) is 0 Å². The quantitative estimate of drug-likeness (QED) is 0.277. The Labute approximate surface area is 193 Å². The van der Waals surface area contributed by atoms with Gasteiger partial charge in [0, 0.05) is 12.4 Å². The molecule has 2 heterocycles. The highest BCUT2D eigenvalue weighted by molar-refractivity contribution is 6.04. The van der Waals surface area contributed by atoms with Crippen LogP contribution in [0.2, 0.25) is 0 Å². The van der Waals surface area contributed by atoms with E-state index in [0.717, 1.165) is 5.56 Å². The Kier molecular flexibility index (Phi) is 6.26. The highest BCUT2D eigenvalue weighted by Crippen LogP contribution is 2.43. The van der Waals surface area contributed by atoms with Crippen LogP contribution in [-0.2, 0) is 13.0 Å². The lowest BCUT2D eigenvalue weighted by Crippen LogP contribution is -2.27. The van der Waals surface area contributed by atoms with E-state index >= 15 is 0 Å². The molecule has 0 radical (unpaired) electrons. The van der Waals surface area contributed by atoms with E-state index in [1.807, 2.05) is 37.3 Å². The smallest absolute Gasteiger partial charge is 0.296 e. The van der Waals surface area contributed by atoms with E-state index in [2.05, 4.69) is 20.3 Å². The van der Waals surface area contributed by atoms with E-state index in [4.69, 9.17) is 15.2 Å². The number of aromatic nitrogens is 4. The molecule has 1 amide bonds. The summed E-state index contributed by atoms with van der Waals surface area (Å²) in [5, 5.41) is 12.9. The van der Waals surface area contributed by atoms with Crippen molar-refractivity contribution in [3.63, 3.8) is 0 Å². The van der Waals surface area contributed by atoms with Gasteiger partial charge in [-0.1, -0.05) is 37.3 Å². The van der Waals surface area contributed by atoms with Crippen LogP contribution in [0.4, 0.5) is 11.6 Å². The van der Waals surface area contributed by atoms with E-state index in [0.29, 0.717) is 12.0 Å². The Hall–Kier alpha value is -4.67. The van der Waals surface area contributed by atoms with Gasteiger partial charge in [0.15, 0.2) is 11.5 Å². The van der Waals surface area contributed by atoms with Crippen LogP contribution in [0.3, 0.4) is 0 Å². The molecule has 0 aliphatic rings. The second-order valence-corrected chi connectivity index (χ2v) is 7.24. The van der Waals surface area contributed by atoms with Gasteiger partial charge in [0.1, 0.15) is 18.5 Å². The second-order valence-electron chi connectivity index (χ2n) is 7.24. The van der Waals surface area contributed by atoms with Gasteiger partial charge in [-0.3, -0.25) is 14.9 Å². The molecule has 2 aromatic carbocycles. The molecule has 34 heavy (non-hydrogen) atoms. The molecule has 11 heteroatoms. The Morgan fingerprint density at radius 2 is 1.88 bits per heavy atom. The number of carbonyl (C=O) groups excluding carboxylic acids is 1. The number of methoxy groups -OCH3 is 1. The van der Waals surface area contributed by atoms with Crippen molar-refractivity contribution in [2.45, 2.75) is 20.0 Å². The molecule has 0 fully saturated rings. The maximum absolute atomic E-state index is 13.1. The number of nitrogen functional groups attached to an aromatic ring is 1. The molecule has 0 unspecified atom stereocenters. The Balaban J connectivity index is 1.86. The van der Waals surface area contributed by atoms with Crippen LogP contribution < -0.4 is 26.1 Å². The first-order valence-electron chi connectivity index (χ1n) is 10.3. The fourth-order valence-corrected chi connectivity index (χ4v) is 3.55. The Morgan fingerprint density at radius 1 is 1.18 bits per heavy atom. The summed E-state index contributed by atoms with van der Waals surface area (Å²) in [6.07, 6.45) is 4.20. The number of anilines is 2. The van der Waals surface area contributed by atoms with Crippen molar-refractivity contribution < 1.29 is 19.5 Å². The van der Waals surface area contributed by atoms with Crippen molar-refractivity contribution in [1.29, 1.82) is 0 Å². The third-order valence-corrected chi connectivity index (χ3v) is 5.19. The summed E-state index contributed by atoms with van der Waals surface area (Å²) in [6.45, 7) is 2.01. The summed E-state index contributed by atoms with van der Waals surface area (Å²) in [6, 6.07) is 9.46. The van der Waals surface area contributed by atoms with Gasteiger partial charge in [0.05, 0.1) is 23.7 Å². The number of carbonyl (C=O) groups is 1. The summed E-state index contributed by atoms with van der Waals surface area (Å²) in [7, 11) is 1.39. The van der Waals surface area contributed by atoms with Gasteiger partial charge in [0.2, 0.25) is 5.95 Å². The van der Waals surface area contributed by atoms with E-state index in [9.17, 15) is 14.8 Å². The summed E-state index contributed by atoms with van der Waals surface area (Å²) in [5.74, 6) is -0.755. The van der Waals surface area contributed by atoms with Crippen molar-refractivity contribution in [3.05, 3.63) is 76.1 Å². The molecule has 0 bridgehead atoms. The van der Waals surface area contributed by atoms with Crippen molar-refractivity contribution in [2.24, 2.45) is 0 Å². The van der Waals surface area contributed by atoms with Crippen LogP contribution >= 0.6 is 0 Å². The van der Waals surface area contributed by atoms with Crippen molar-refractivity contribution in [1.82, 2.24) is 19.7 Å². The van der Waals surface area contributed by atoms with Crippen LogP contribution in [0.5, 0.6) is 11.5 Å². The highest BCUT2D eigenvalue weighted by atomic mass is 16.5. The lowest BCUT2D eigenvalue weighted by atomic mass is 10.0. The Morgan fingerprint density at radius 3 is 2.53 bits per heavy atom. The van der Waals surface area contributed by atoms with Gasteiger partial charge in [-0.25, -0.2) is 15.0 Å². The summed E-state index contributed by atoms with van der Waals surface area (Å²) < 4.78 is 11.8. The molecule has 4 aromatic rings. The number of hydrogen-bond acceptors (Lipinski definition) is 9. The monoisotopic (exact) mass is 462 g/mol. The number of aryl methyl sites for hydroxylation is 1. The van der Waals surface area contributed by atoms with Crippen LogP contribution in [0.1, 0.15) is 28.4 Å². The lowest BCUT2D eigenvalue weighted by Gasteiger charge is -2.19. The van der Waals surface area contributed by atoms with Crippen LogP contribution in [0.15, 0.2) is 53.8 Å². The molecule has 11 nitrogen and oxygen atoms in total. The molecule has 2 aromatic heterocycles. The van der Waals surface area contributed by atoms with Gasteiger partial charge >= 0.3 is 0 Å². The maximum Gasteiger partial charge on any atom is 0.296 e. The fraction of sp³-hybridized carbons (Fsp3) is 0.174. The highest BCUT2D eigenvalue weighted by Gasteiger charge is 2.25. The average molecular weight is 462 g/mol. The van der Waals surface area contributed by atoms with Gasteiger partial charge in [-0.05, 0) is 17.5 Å². The van der Waals surface area contributed by atoms with Crippen molar-refractivity contribution >= 4 is 28.4 Å². The van der Waals surface area contributed by atoms with Crippen molar-refractivity contribution in [2.75, 3.05) is 18.2 Å². The number of fused-ring (bicyclic) bond motifs is 1. The average Bonchev–Trinajstić information content (AvgIpc) is 2.87. The molecule has 0 saturated carbocycles. The molecule has 0 aliphatic heterocycles. The molecular formula is C23H22N6O5. The molecule has 0 atom stereocenters. The predicted octanol–water partition coefficient (Wildman–Crippen LogP) is 2.41. The minimum absolute atomic E-state index is 0.0625. The molecule has 4 N–H and O–H groups in total. The zero-order chi connectivity index (χ0) is 24.2. The first kappa shape index (κ1) is 22.5. The van der Waals surface area contributed by atoms with Gasteiger partial charge < -0.3 is 20.4 Å². The van der Waals surface area contributed by atoms with Crippen LogP contribution in [0.25, 0.3) is 10.9 Å². The molecule has 174 valence electrons. The van der Waals surface area contributed by atoms with Gasteiger partial charge in [-0.15, -0.1) is 4.73 Å². The van der Waals surface area contributed by atoms with Crippen molar-refractivity contribution in [3.8, 4) is 11.5 Å². The SMILES string of the molecule is CCc1c(N)c(OCc2ccccc2)c(OC)c2nc(NC(=O)c3cncnc3)n(O)c(=O)c12. The van der Waals surface area contributed by atoms with E-state index in [-0.39, 0.29) is 45.0 Å². The lowest BCUT2D eigenvalue weighted by molar-refractivity contribution is 0.101. The second kappa shape index (κ2) is 9.45. The number of hydrogen-bond donors (Lipinski definition) is 3. The molecule has 4 rings (SSSR count). The molecular weight excluding hydrogens is 440 g/mol. The summed E-state index contributed by atoms with van der Waals surface area (Å²) in [5.41, 5.74) is 7.30. The number of amides is 1. The first-order valence-corrected chi connectivity index (χ1v) is 10.3. The minimum Gasteiger partial charge on any atom is -0.491 e. The number of nitrogens with one attached hydrogen (secondary N) is 1. The predicted molar refractivity (Wildman–Crippen MR) is 124 cm³/mol. The fourth-order valence-electron chi connectivity index (χ4n) is 3.55. The number of rotatable bonds is 7. The first-order chi connectivity index (χ1) is 16.5. The number of nitrogens with zero attached hydrogens (tertiary/aromatic N) is 4. The topological polar surface area (TPSA) is 154 Å². The number of nitrogens with two attached hydrogens (primary N) is 1. The molecule has 0 saturated heterocycles. The normalized spacial score (nSPS) is 10.8. The summed E-state index contributed by atoms with van der Waals surface area (Å²) >= 11 is 0. The Bertz CT molecular complexity index is 1410.